The van der Waals surface area contributed by atoms with Crippen LogP contribution in [0.5, 0.6) is 0 Å². The second-order valence-electron chi connectivity index (χ2n) is 3.15. The summed E-state index contributed by atoms with van der Waals surface area (Å²) in [7, 11) is 0. The van der Waals surface area contributed by atoms with E-state index in [4.69, 9.17) is 9.47 Å². The van der Waals surface area contributed by atoms with Gasteiger partial charge >= 0.3 is 0 Å². The van der Waals surface area contributed by atoms with Crippen LogP contribution in [0.25, 0.3) is 0 Å². The predicted molar refractivity (Wildman–Crippen MR) is 48.3 cm³/mol. The van der Waals surface area contributed by atoms with Crippen LogP contribution in [0.1, 0.15) is 19.8 Å². The molecule has 12 heavy (non-hydrogen) atoms. The molecule has 0 unspecified atom stereocenters. The van der Waals surface area contributed by atoms with Crippen molar-refractivity contribution in [2.45, 2.75) is 25.8 Å². The monoisotopic (exact) mass is 173 g/mol. The van der Waals surface area contributed by atoms with Crippen molar-refractivity contribution in [1.29, 1.82) is 0 Å². The maximum absolute atomic E-state index is 5.35. The fraction of sp³-hybridized carbons (Fsp3) is 1.00. The lowest BCUT2D eigenvalue weighted by atomic mass is 10.2. The predicted octanol–water partition coefficient (Wildman–Crippen LogP) is 0.791. The smallest absolute Gasteiger partial charge is 0.0643 e. The van der Waals surface area contributed by atoms with Crippen molar-refractivity contribution in [1.82, 2.24) is 5.32 Å². The van der Waals surface area contributed by atoms with Crippen molar-refractivity contribution in [3.05, 3.63) is 0 Å². The summed E-state index contributed by atoms with van der Waals surface area (Å²) < 4.78 is 10.4. The second kappa shape index (κ2) is 6.40. The average Bonchev–Trinajstić information content (AvgIpc) is 2.00. The average molecular weight is 173 g/mol. The molecule has 3 heteroatoms. The van der Waals surface area contributed by atoms with Gasteiger partial charge in [-0.3, -0.25) is 0 Å². The number of ether oxygens (including phenoxy) is 2. The molecule has 1 aliphatic heterocycles. The maximum atomic E-state index is 5.35. The lowest BCUT2D eigenvalue weighted by Crippen LogP contribution is -2.46. The topological polar surface area (TPSA) is 30.5 Å². The third kappa shape index (κ3) is 4.04. The van der Waals surface area contributed by atoms with Crippen LogP contribution in [0.15, 0.2) is 0 Å². The minimum Gasteiger partial charge on any atom is -0.381 e. The van der Waals surface area contributed by atoms with Gasteiger partial charge in [-0.05, 0) is 19.4 Å². The Hall–Kier alpha value is -0.120. The highest BCUT2D eigenvalue weighted by Gasteiger charge is 2.16. The van der Waals surface area contributed by atoms with Crippen molar-refractivity contribution < 1.29 is 9.47 Å². The van der Waals surface area contributed by atoms with E-state index in [1.54, 1.807) is 0 Å². The van der Waals surface area contributed by atoms with Crippen LogP contribution in [-0.2, 0) is 9.47 Å². The van der Waals surface area contributed by atoms with E-state index < -0.39 is 0 Å². The van der Waals surface area contributed by atoms with E-state index in [1.807, 2.05) is 0 Å². The quantitative estimate of drug-likeness (QED) is 0.577. The van der Waals surface area contributed by atoms with E-state index in [1.165, 1.54) is 0 Å². The van der Waals surface area contributed by atoms with Gasteiger partial charge in [0.05, 0.1) is 19.3 Å². The van der Waals surface area contributed by atoms with Crippen molar-refractivity contribution >= 4 is 0 Å². The molecule has 1 fully saturated rings. The molecule has 1 N–H and O–H groups in total. The highest BCUT2D eigenvalue weighted by Crippen LogP contribution is 1.98. The van der Waals surface area contributed by atoms with E-state index >= 15 is 0 Å². The Morgan fingerprint density at radius 1 is 1.42 bits per heavy atom. The number of hydrogen-bond donors (Lipinski definition) is 1. The zero-order valence-corrected chi connectivity index (χ0v) is 7.84. The van der Waals surface area contributed by atoms with Crippen LogP contribution in [0, 0.1) is 0 Å². The molecule has 72 valence electrons. The molecule has 1 rings (SSSR count). The first-order valence-electron chi connectivity index (χ1n) is 4.82. The molecule has 0 bridgehead atoms. The highest BCUT2D eigenvalue weighted by atomic mass is 16.5. The van der Waals surface area contributed by atoms with Crippen LogP contribution in [0.2, 0.25) is 0 Å². The van der Waals surface area contributed by atoms with Gasteiger partial charge in [0.2, 0.25) is 0 Å². The first-order chi connectivity index (χ1) is 5.93. The maximum Gasteiger partial charge on any atom is 0.0643 e. The molecule has 3 nitrogen and oxygen atoms in total. The fourth-order valence-corrected chi connectivity index (χ4v) is 1.08. The highest BCUT2D eigenvalue weighted by molar-refractivity contribution is 4.72. The SMILES string of the molecule is CCCOCCCNC1COC1. The van der Waals surface area contributed by atoms with Crippen molar-refractivity contribution in [2.24, 2.45) is 0 Å². The standard InChI is InChI=1S/C9H19NO2/c1-2-5-11-6-3-4-10-9-7-12-8-9/h9-10H,2-8H2,1H3. The van der Waals surface area contributed by atoms with Gasteiger partial charge in [0.15, 0.2) is 0 Å². The van der Waals surface area contributed by atoms with E-state index in [0.29, 0.717) is 6.04 Å². The Labute approximate surface area is 74.4 Å². The minimum atomic E-state index is 0.608. The van der Waals surface area contributed by atoms with Gasteiger partial charge in [-0.2, -0.15) is 0 Å². The van der Waals surface area contributed by atoms with Gasteiger partial charge in [0.25, 0.3) is 0 Å². The third-order valence-corrected chi connectivity index (χ3v) is 1.88. The lowest BCUT2D eigenvalue weighted by Gasteiger charge is -2.26. The molecule has 0 aromatic heterocycles. The summed E-state index contributed by atoms with van der Waals surface area (Å²) in [5, 5.41) is 3.39. The number of nitrogens with one attached hydrogen (secondary N) is 1. The Kier molecular flexibility index (Phi) is 5.32. The summed E-state index contributed by atoms with van der Waals surface area (Å²) in [4.78, 5) is 0. The van der Waals surface area contributed by atoms with Crippen LogP contribution in [-0.4, -0.2) is 39.0 Å². The normalized spacial score (nSPS) is 17.8. The molecule has 0 radical (unpaired) electrons. The molecular formula is C9H19NO2. The molecule has 0 aromatic carbocycles. The van der Waals surface area contributed by atoms with Crippen LogP contribution in [0.3, 0.4) is 0 Å². The molecule has 0 aliphatic carbocycles. The van der Waals surface area contributed by atoms with E-state index in [-0.39, 0.29) is 0 Å². The van der Waals surface area contributed by atoms with Gasteiger partial charge in [0.1, 0.15) is 0 Å². The van der Waals surface area contributed by atoms with Crippen molar-refractivity contribution in [3.8, 4) is 0 Å². The lowest BCUT2D eigenvalue weighted by molar-refractivity contribution is -0.00579. The fourth-order valence-electron chi connectivity index (χ4n) is 1.08. The first-order valence-corrected chi connectivity index (χ1v) is 4.82. The van der Waals surface area contributed by atoms with Gasteiger partial charge in [0, 0.05) is 13.2 Å². The van der Waals surface area contributed by atoms with Crippen LogP contribution < -0.4 is 5.32 Å². The summed E-state index contributed by atoms with van der Waals surface area (Å²) in [5.41, 5.74) is 0. The summed E-state index contributed by atoms with van der Waals surface area (Å²) in [6.07, 6.45) is 2.22. The summed E-state index contributed by atoms with van der Waals surface area (Å²) in [6, 6.07) is 0.608. The largest absolute Gasteiger partial charge is 0.381 e. The molecule has 1 heterocycles. The zero-order valence-electron chi connectivity index (χ0n) is 7.84. The Bertz CT molecular complexity index is 105. The number of hydrogen-bond acceptors (Lipinski definition) is 3. The van der Waals surface area contributed by atoms with Crippen LogP contribution >= 0.6 is 0 Å². The van der Waals surface area contributed by atoms with Gasteiger partial charge in [-0.15, -0.1) is 0 Å². The van der Waals surface area contributed by atoms with E-state index in [2.05, 4.69) is 12.2 Å². The summed E-state index contributed by atoms with van der Waals surface area (Å²) in [6.45, 7) is 6.73. The first kappa shape index (κ1) is 9.96. The molecule has 0 aromatic rings. The van der Waals surface area contributed by atoms with Crippen molar-refractivity contribution in [3.63, 3.8) is 0 Å². The molecule has 0 atom stereocenters. The zero-order chi connectivity index (χ0) is 8.65. The molecule has 0 saturated carbocycles. The Morgan fingerprint density at radius 3 is 2.83 bits per heavy atom. The third-order valence-electron chi connectivity index (χ3n) is 1.88. The van der Waals surface area contributed by atoms with Gasteiger partial charge < -0.3 is 14.8 Å². The van der Waals surface area contributed by atoms with E-state index in [0.717, 1.165) is 45.8 Å². The number of rotatable bonds is 7. The summed E-state index contributed by atoms with van der Waals surface area (Å²) >= 11 is 0. The van der Waals surface area contributed by atoms with Crippen LogP contribution in [0.4, 0.5) is 0 Å². The van der Waals surface area contributed by atoms with Crippen molar-refractivity contribution in [2.75, 3.05) is 33.0 Å². The van der Waals surface area contributed by atoms with Gasteiger partial charge in [-0.25, -0.2) is 0 Å². The van der Waals surface area contributed by atoms with E-state index in [9.17, 15) is 0 Å². The molecular weight excluding hydrogens is 154 g/mol. The molecule has 1 aliphatic rings. The molecule has 0 spiro atoms. The second-order valence-corrected chi connectivity index (χ2v) is 3.15. The minimum absolute atomic E-state index is 0.608. The summed E-state index contributed by atoms with van der Waals surface area (Å²) in [5.74, 6) is 0. The Balaban J connectivity index is 1.70. The van der Waals surface area contributed by atoms with Gasteiger partial charge in [-0.1, -0.05) is 6.92 Å². The molecule has 0 amide bonds. The Morgan fingerprint density at radius 2 is 2.25 bits per heavy atom. The molecule has 1 saturated heterocycles.